The van der Waals surface area contributed by atoms with Crippen LogP contribution in [0.2, 0.25) is 10.0 Å². The molecule has 0 atom stereocenters. The van der Waals surface area contributed by atoms with Gasteiger partial charge in [0.15, 0.2) is 5.82 Å². The van der Waals surface area contributed by atoms with Gasteiger partial charge in [0.1, 0.15) is 5.69 Å². The lowest BCUT2D eigenvalue weighted by atomic mass is 10.2. The van der Waals surface area contributed by atoms with E-state index >= 15 is 0 Å². The molecule has 0 radical (unpaired) electrons. The van der Waals surface area contributed by atoms with E-state index < -0.39 is 0 Å². The fourth-order valence-corrected chi connectivity index (χ4v) is 2.42. The largest absolute Gasteiger partial charge is 0.310 e. The Hall–Kier alpha value is -2.43. The van der Waals surface area contributed by atoms with Crippen LogP contribution in [0.15, 0.2) is 60.8 Å². The van der Waals surface area contributed by atoms with Gasteiger partial charge in [0.25, 0.3) is 5.91 Å². The molecule has 0 aliphatic carbocycles. The van der Waals surface area contributed by atoms with Crippen LogP contribution in [0.4, 0.5) is 5.69 Å². The van der Waals surface area contributed by atoms with Gasteiger partial charge in [0.2, 0.25) is 0 Å². The highest BCUT2D eigenvalue weighted by Gasteiger charge is 2.16. The van der Waals surface area contributed by atoms with Crippen molar-refractivity contribution >= 4 is 34.8 Å². The molecule has 1 heterocycles. The third-order valence-corrected chi connectivity index (χ3v) is 4.00. The summed E-state index contributed by atoms with van der Waals surface area (Å²) in [7, 11) is 1.69. The van der Waals surface area contributed by atoms with Crippen molar-refractivity contribution in [2.24, 2.45) is 0 Å². The third-order valence-electron chi connectivity index (χ3n) is 3.50. The van der Waals surface area contributed by atoms with Crippen molar-refractivity contribution in [2.75, 3.05) is 11.9 Å². The molecule has 120 valence electrons. The number of halogens is 2. The molecule has 0 fully saturated rings. The SMILES string of the molecule is CN(C(=O)c1ccnc(-c2ccc(Cl)cc2)n1)c1ccc(Cl)cc1. The van der Waals surface area contributed by atoms with Crippen LogP contribution in [0, 0.1) is 0 Å². The summed E-state index contributed by atoms with van der Waals surface area (Å²) in [4.78, 5) is 22.8. The lowest BCUT2D eigenvalue weighted by molar-refractivity contribution is 0.0988. The fraction of sp³-hybridized carbons (Fsp3) is 0.0556. The second-order valence-electron chi connectivity index (χ2n) is 5.11. The second kappa shape index (κ2) is 6.99. The van der Waals surface area contributed by atoms with Gasteiger partial charge in [0, 0.05) is 34.5 Å². The normalized spacial score (nSPS) is 10.5. The molecular formula is C18H13Cl2N3O. The highest BCUT2D eigenvalue weighted by Crippen LogP contribution is 2.20. The molecule has 2 aromatic carbocycles. The molecule has 4 nitrogen and oxygen atoms in total. The smallest absolute Gasteiger partial charge is 0.276 e. The summed E-state index contributed by atoms with van der Waals surface area (Å²) in [6.07, 6.45) is 1.57. The maximum atomic E-state index is 12.6. The van der Waals surface area contributed by atoms with E-state index in [4.69, 9.17) is 23.2 Å². The zero-order chi connectivity index (χ0) is 17.1. The van der Waals surface area contributed by atoms with Crippen LogP contribution in [-0.2, 0) is 0 Å². The number of rotatable bonds is 3. The van der Waals surface area contributed by atoms with E-state index in [1.807, 2.05) is 12.1 Å². The van der Waals surface area contributed by atoms with Gasteiger partial charge in [-0.3, -0.25) is 4.79 Å². The number of aromatic nitrogens is 2. The molecule has 24 heavy (non-hydrogen) atoms. The van der Waals surface area contributed by atoms with Crippen LogP contribution in [0.5, 0.6) is 0 Å². The predicted molar refractivity (Wildman–Crippen MR) is 96.7 cm³/mol. The van der Waals surface area contributed by atoms with Gasteiger partial charge < -0.3 is 4.90 Å². The summed E-state index contributed by atoms with van der Waals surface area (Å²) in [6.45, 7) is 0. The number of nitrogens with zero attached hydrogens (tertiary/aromatic N) is 3. The molecule has 0 aliphatic heterocycles. The molecule has 1 aromatic heterocycles. The maximum Gasteiger partial charge on any atom is 0.276 e. The molecule has 6 heteroatoms. The highest BCUT2D eigenvalue weighted by molar-refractivity contribution is 6.31. The summed E-state index contributed by atoms with van der Waals surface area (Å²) in [5.41, 5.74) is 1.84. The van der Waals surface area contributed by atoms with Gasteiger partial charge >= 0.3 is 0 Å². The number of hydrogen-bond donors (Lipinski definition) is 0. The standard InChI is InChI=1S/C18H13Cl2N3O/c1-23(15-8-6-14(20)7-9-15)18(24)16-10-11-21-17(22-16)12-2-4-13(19)5-3-12/h2-11H,1H3. The zero-order valence-corrected chi connectivity index (χ0v) is 14.3. The molecule has 3 rings (SSSR count). The zero-order valence-electron chi connectivity index (χ0n) is 12.8. The Bertz CT molecular complexity index is 864. The van der Waals surface area contributed by atoms with E-state index in [0.717, 1.165) is 11.3 Å². The Balaban J connectivity index is 1.89. The van der Waals surface area contributed by atoms with E-state index in [0.29, 0.717) is 21.6 Å². The lowest BCUT2D eigenvalue weighted by Crippen LogP contribution is -2.27. The summed E-state index contributed by atoms with van der Waals surface area (Å²) in [6, 6.07) is 15.8. The number of hydrogen-bond acceptors (Lipinski definition) is 3. The van der Waals surface area contributed by atoms with E-state index in [-0.39, 0.29) is 5.91 Å². The van der Waals surface area contributed by atoms with Crippen LogP contribution in [-0.4, -0.2) is 22.9 Å². The van der Waals surface area contributed by atoms with E-state index in [9.17, 15) is 4.79 Å². The minimum Gasteiger partial charge on any atom is -0.310 e. The number of amides is 1. The number of benzene rings is 2. The summed E-state index contributed by atoms with van der Waals surface area (Å²) < 4.78 is 0. The first-order valence-electron chi connectivity index (χ1n) is 7.17. The first-order valence-corrected chi connectivity index (χ1v) is 7.93. The van der Waals surface area contributed by atoms with Crippen LogP contribution >= 0.6 is 23.2 Å². The second-order valence-corrected chi connectivity index (χ2v) is 5.99. The molecular weight excluding hydrogens is 345 g/mol. The predicted octanol–water partition coefficient (Wildman–Crippen LogP) is 4.73. The summed E-state index contributed by atoms with van der Waals surface area (Å²) >= 11 is 11.8. The lowest BCUT2D eigenvalue weighted by Gasteiger charge is -2.17. The quantitative estimate of drug-likeness (QED) is 0.680. The van der Waals surface area contributed by atoms with Crippen LogP contribution in [0.3, 0.4) is 0 Å². The molecule has 0 saturated heterocycles. The minimum atomic E-state index is -0.227. The van der Waals surface area contributed by atoms with Gasteiger partial charge in [-0.05, 0) is 54.6 Å². The highest BCUT2D eigenvalue weighted by atomic mass is 35.5. The average Bonchev–Trinajstić information content (AvgIpc) is 2.62. The van der Waals surface area contributed by atoms with E-state index in [1.165, 1.54) is 4.90 Å². The van der Waals surface area contributed by atoms with Crippen LogP contribution in [0.25, 0.3) is 11.4 Å². The van der Waals surface area contributed by atoms with Crippen molar-refractivity contribution in [2.45, 2.75) is 0 Å². The van der Waals surface area contributed by atoms with Crippen molar-refractivity contribution < 1.29 is 4.79 Å². The van der Waals surface area contributed by atoms with Crippen molar-refractivity contribution in [3.05, 3.63) is 76.5 Å². The molecule has 0 saturated carbocycles. The molecule has 0 spiro atoms. The number of carbonyl (C=O) groups is 1. The topological polar surface area (TPSA) is 46.1 Å². The Morgan fingerprint density at radius 2 is 1.50 bits per heavy atom. The minimum absolute atomic E-state index is 0.227. The Labute approximate surface area is 149 Å². The monoisotopic (exact) mass is 357 g/mol. The van der Waals surface area contributed by atoms with Gasteiger partial charge in [0.05, 0.1) is 0 Å². The molecule has 0 bridgehead atoms. The van der Waals surface area contributed by atoms with Crippen LogP contribution < -0.4 is 4.90 Å². The Morgan fingerprint density at radius 3 is 2.12 bits per heavy atom. The summed E-state index contributed by atoms with van der Waals surface area (Å²) in [5.74, 6) is 0.247. The van der Waals surface area contributed by atoms with Crippen LogP contribution in [0.1, 0.15) is 10.5 Å². The maximum absolute atomic E-state index is 12.6. The molecule has 0 aliphatic rings. The first kappa shape index (κ1) is 16.4. The number of anilines is 1. The fourth-order valence-electron chi connectivity index (χ4n) is 2.17. The van der Waals surface area contributed by atoms with E-state index in [2.05, 4.69) is 9.97 Å². The number of carbonyl (C=O) groups excluding carboxylic acids is 1. The molecule has 3 aromatic rings. The Morgan fingerprint density at radius 1 is 0.917 bits per heavy atom. The van der Waals surface area contributed by atoms with E-state index in [1.54, 1.807) is 55.7 Å². The summed E-state index contributed by atoms with van der Waals surface area (Å²) in [5, 5.41) is 1.25. The van der Waals surface area contributed by atoms with Gasteiger partial charge in [-0.2, -0.15) is 0 Å². The average molecular weight is 358 g/mol. The van der Waals surface area contributed by atoms with Crippen molar-refractivity contribution in [1.82, 2.24) is 9.97 Å². The Kier molecular flexibility index (Phi) is 4.79. The molecule has 0 unspecified atom stereocenters. The van der Waals surface area contributed by atoms with Crippen molar-refractivity contribution in [3.63, 3.8) is 0 Å². The van der Waals surface area contributed by atoms with Crippen molar-refractivity contribution in [3.8, 4) is 11.4 Å². The van der Waals surface area contributed by atoms with Gasteiger partial charge in [-0.25, -0.2) is 9.97 Å². The van der Waals surface area contributed by atoms with Gasteiger partial charge in [-0.15, -0.1) is 0 Å². The first-order chi connectivity index (χ1) is 11.5. The van der Waals surface area contributed by atoms with Crippen molar-refractivity contribution in [1.29, 1.82) is 0 Å². The molecule has 1 amide bonds. The van der Waals surface area contributed by atoms with Gasteiger partial charge in [-0.1, -0.05) is 23.2 Å². The molecule has 0 N–H and O–H groups in total. The third kappa shape index (κ3) is 3.55.